The van der Waals surface area contributed by atoms with Crippen LogP contribution in [0.4, 0.5) is 0 Å². The minimum Gasteiger partial charge on any atom is -0.361 e. The Morgan fingerprint density at radius 2 is 2.05 bits per heavy atom. The van der Waals surface area contributed by atoms with Gasteiger partial charge in [0.2, 0.25) is 0 Å². The molecule has 110 valence electrons. The summed E-state index contributed by atoms with van der Waals surface area (Å²) < 4.78 is 4.89. The van der Waals surface area contributed by atoms with Gasteiger partial charge in [-0.3, -0.25) is 14.8 Å². The second-order valence-corrected chi connectivity index (χ2v) is 4.76. The highest BCUT2D eigenvalue weighted by atomic mass is 16.5. The fourth-order valence-electron chi connectivity index (χ4n) is 2.06. The molecule has 0 saturated carbocycles. The predicted molar refractivity (Wildman–Crippen MR) is 79.9 cm³/mol. The van der Waals surface area contributed by atoms with E-state index in [-0.39, 0.29) is 5.91 Å². The van der Waals surface area contributed by atoms with Gasteiger partial charge in [0.1, 0.15) is 11.3 Å². The highest BCUT2D eigenvalue weighted by Crippen LogP contribution is 2.16. The van der Waals surface area contributed by atoms with Crippen molar-refractivity contribution in [3.63, 3.8) is 0 Å². The minimum atomic E-state index is -0.207. The third-order valence-electron chi connectivity index (χ3n) is 3.25. The molecule has 3 heterocycles. The van der Waals surface area contributed by atoms with E-state index in [4.69, 9.17) is 4.52 Å². The zero-order chi connectivity index (χ0) is 15.4. The molecule has 0 aliphatic heterocycles. The molecule has 0 saturated heterocycles. The largest absolute Gasteiger partial charge is 0.361 e. The maximum Gasteiger partial charge on any atom is 0.256 e. The second-order valence-electron chi connectivity index (χ2n) is 4.76. The van der Waals surface area contributed by atoms with E-state index in [1.54, 1.807) is 25.5 Å². The van der Waals surface area contributed by atoms with Gasteiger partial charge in [-0.15, -0.1) is 0 Å². The van der Waals surface area contributed by atoms with Crippen LogP contribution in [0.2, 0.25) is 0 Å². The summed E-state index contributed by atoms with van der Waals surface area (Å²) in [7, 11) is 0. The lowest BCUT2D eigenvalue weighted by atomic mass is 10.1. The van der Waals surface area contributed by atoms with Gasteiger partial charge in [0, 0.05) is 30.7 Å². The molecule has 0 fully saturated rings. The summed E-state index contributed by atoms with van der Waals surface area (Å²) in [5.41, 5.74) is 3.24. The fraction of sp³-hybridized carbons (Fsp3) is 0.125. The van der Waals surface area contributed by atoms with Gasteiger partial charge in [-0.25, -0.2) is 0 Å². The van der Waals surface area contributed by atoms with E-state index in [1.165, 1.54) is 6.20 Å². The number of hydrogen-bond acceptors (Lipinski definition) is 5. The first-order chi connectivity index (χ1) is 10.7. The van der Waals surface area contributed by atoms with Crippen LogP contribution in [0.25, 0.3) is 11.3 Å². The SMILES string of the molecule is Cc1oncc1C(=O)NCc1ccnc(-c2ccncc2)c1. The molecular weight excluding hydrogens is 280 g/mol. The highest BCUT2D eigenvalue weighted by molar-refractivity contribution is 5.94. The van der Waals surface area contributed by atoms with Crippen LogP contribution in [0.15, 0.2) is 53.6 Å². The van der Waals surface area contributed by atoms with Gasteiger partial charge < -0.3 is 9.84 Å². The Hall–Kier alpha value is -3.02. The zero-order valence-electron chi connectivity index (χ0n) is 12.0. The van der Waals surface area contributed by atoms with Crippen LogP contribution in [0.3, 0.4) is 0 Å². The summed E-state index contributed by atoms with van der Waals surface area (Å²) in [6.07, 6.45) is 6.59. The monoisotopic (exact) mass is 294 g/mol. The molecule has 3 aromatic heterocycles. The number of aryl methyl sites for hydroxylation is 1. The average Bonchev–Trinajstić information content (AvgIpc) is 3.00. The molecular formula is C16H14N4O2. The topological polar surface area (TPSA) is 80.9 Å². The lowest BCUT2D eigenvalue weighted by Crippen LogP contribution is -2.23. The molecule has 0 spiro atoms. The van der Waals surface area contributed by atoms with Crippen LogP contribution in [0.1, 0.15) is 21.7 Å². The minimum absolute atomic E-state index is 0.207. The number of pyridine rings is 2. The van der Waals surface area contributed by atoms with E-state index in [1.807, 2.05) is 24.3 Å². The lowest BCUT2D eigenvalue weighted by Gasteiger charge is -2.06. The van der Waals surface area contributed by atoms with Gasteiger partial charge in [0.25, 0.3) is 5.91 Å². The molecule has 0 aliphatic rings. The normalized spacial score (nSPS) is 10.4. The van der Waals surface area contributed by atoms with Crippen LogP contribution >= 0.6 is 0 Å². The highest BCUT2D eigenvalue weighted by Gasteiger charge is 2.12. The number of nitrogens with zero attached hydrogens (tertiary/aromatic N) is 3. The van der Waals surface area contributed by atoms with Crippen molar-refractivity contribution in [3.05, 3.63) is 65.9 Å². The Morgan fingerprint density at radius 1 is 1.23 bits per heavy atom. The summed E-state index contributed by atoms with van der Waals surface area (Å²) in [5, 5.41) is 6.44. The number of hydrogen-bond donors (Lipinski definition) is 1. The Kier molecular flexibility index (Phi) is 3.91. The lowest BCUT2D eigenvalue weighted by molar-refractivity contribution is 0.0949. The molecule has 6 nitrogen and oxygen atoms in total. The molecule has 0 unspecified atom stereocenters. The third-order valence-corrected chi connectivity index (χ3v) is 3.25. The van der Waals surface area contributed by atoms with Gasteiger partial charge in [0.15, 0.2) is 0 Å². The zero-order valence-corrected chi connectivity index (χ0v) is 12.0. The van der Waals surface area contributed by atoms with E-state index in [0.29, 0.717) is 17.9 Å². The predicted octanol–water partition coefficient (Wildman–Crippen LogP) is 2.37. The van der Waals surface area contributed by atoms with Crippen molar-refractivity contribution in [2.75, 3.05) is 0 Å². The Bertz CT molecular complexity index is 784. The first kappa shape index (κ1) is 13.9. The van der Waals surface area contributed by atoms with Crippen LogP contribution in [-0.2, 0) is 6.54 Å². The van der Waals surface area contributed by atoms with Crippen molar-refractivity contribution in [3.8, 4) is 11.3 Å². The van der Waals surface area contributed by atoms with Gasteiger partial charge >= 0.3 is 0 Å². The van der Waals surface area contributed by atoms with Crippen molar-refractivity contribution in [2.24, 2.45) is 0 Å². The third kappa shape index (κ3) is 3.01. The van der Waals surface area contributed by atoms with E-state index in [9.17, 15) is 4.79 Å². The van der Waals surface area contributed by atoms with Crippen LogP contribution in [-0.4, -0.2) is 21.0 Å². The molecule has 0 aliphatic carbocycles. The second kappa shape index (κ2) is 6.17. The molecule has 0 bridgehead atoms. The molecule has 3 rings (SSSR count). The Balaban J connectivity index is 1.71. The number of rotatable bonds is 4. The fourth-order valence-corrected chi connectivity index (χ4v) is 2.06. The van der Waals surface area contributed by atoms with Crippen LogP contribution in [0, 0.1) is 6.92 Å². The van der Waals surface area contributed by atoms with Crippen molar-refractivity contribution < 1.29 is 9.32 Å². The van der Waals surface area contributed by atoms with Crippen molar-refractivity contribution in [1.29, 1.82) is 0 Å². The quantitative estimate of drug-likeness (QED) is 0.799. The van der Waals surface area contributed by atoms with Gasteiger partial charge in [-0.1, -0.05) is 5.16 Å². The van der Waals surface area contributed by atoms with E-state index in [2.05, 4.69) is 20.4 Å². The number of nitrogens with one attached hydrogen (secondary N) is 1. The summed E-state index contributed by atoms with van der Waals surface area (Å²) in [5.74, 6) is 0.297. The van der Waals surface area contributed by atoms with Crippen molar-refractivity contribution >= 4 is 5.91 Å². The maximum absolute atomic E-state index is 12.0. The molecule has 0 aromatic carbocycles. The van der Waals surface area contributed by atoms with Crippen LogP contribution < -0.4 is 5.32 Å². The first-order valence-corrected chi connectivity index (χ1v) is 6.79. The first-order valence-electron chi connectivity index (χ1n) is 6.79. The molecule has 1 amide bonds. The molecule has 3 aromatic rings. The van der Waals surface area contributed by atoms with E-state index >= 15 is 0 Å². The van der Waals surface area contributed by atoms with E-state index in [0.717, 1.165) is 16.8 Å². The molecule has 6 heteroatoms. The molecule has 22 heavy (non-hydrogen) atoms. The number of aromatic nitrogens is 3. The van der Waals surface area contributed by atoms with Crippen LogP contribution in [0.5, 0.6) is 0 Å². The Morgan fingerprint density at radius 3 is 2.77 bits per heavy atom. The van der Waals surface area contributed by atoms with Gasteiger partial charge in [-0.05, 0) is 36.8 Å². The molecule has 0 atom stereocenters. The van der Waals surface area contributed by atoms with Crippen molar-refractivity contribution in [1.82, 2.24) is 20.4 Å². The smallest absolute Gasteiger partial charge is 0.256 e. The van der Waals surface area contributed by atoms with E-state index < -0.39 is 0 Å². The maximum atomic E-state index is 12.0. The number of carbonyl (C=O) groups is 1. The molecule has 1 N–H and O–H groups in total. The van der Waals surface area contributed by atoms with Crippen molar-refractivity contribution in [2.45, 2.75) is 13.5 Å². The summed E-state index contributed by atoms with van der Waals surface area (Å²) in [4.78, 5) is 20.3. The standard InChI is InChI=1S/C16H14N4O2/c1-11-14(10-20-22-11)16(21)19-9-12-2-7-18-15(8-12)13-3-5-17-6-4-13/h2-8,10H,9H2,1H3,(H,19,21). The average molecular weight is 294 g/mol. The summed E-state index contributed by atoms with van der Waals surface area (Å²) >= 11 is 0. The van der Waals surface area contributed by atoms with Gasteiger partial charge in [0.05, 0.1) is 11.9 Å². The number of carbonyl (C=O) groups excluding carboxylic acids is 1. The summed E-state index contributed by atoms with van der Waals surface area (Å²) in [6.45, 7) is 2.11. The molecule has 0 radical (unpaired) electrons. The Labute approximate surface area is 127 Å². The summed E-state index contributed by atoms with van der Waals surface area (Å²) in [6, 6.07) is 7.60. The van der Waals surface area contributed by atoms with Gasteiger partial charge in [-0.2, -0.15) is 0 Å². The number of amides is 1.